The zero-order valence-electron chi connectivity index (χ0n) is 16.6. The number of aromatic nitrogens is 1. The summed E-state index contributed by atoms with van der Waals surface area (Å²) in [7, 11) is 1.84. The second kappa shape index (κ2) is 8.05. The van der Waals surface area contributed by atoms with Crippen LogP contribution in [0.4, 0.5) is 5.69 Å². The number of ether oxygens (including phenoxy) is 1. The van der Waals surface area contributed by atoms with E-state index < -0.39 is 0 Å². The molecule has 0 aliphatic carbocycles. The molecule has 1 saturated heterocycles. The van der Waals surface area contributed by atoms with E-state index in [4.69, 9.17) is 4.74 Å². The Kier molecular flexibility index (Phi) is 5.33. The summed E-state index contributed by atoms with van der Waals surface area (Å²) in [6.07, 6.45) is 11.6. The Labute approximate surface area is 166 Å². The van der Waals surface area contributed by atoms with E-state index in [2.05, 4.69) is 47.3 Å². The number of allylic oxidation sites excluding steroid dienone is 1. The molecule has 1 atom stereocenters. The van der Waals surface area contributed by atoms with Crippen molar-refractivity contribution in [3.8, 4) is 16.9 Å². The molecule has 0 spiro atoms. The molecule has 5 nitrogen and oxygen atoms in total. The summed E-state index contributed by atoms with van der Waals surface area (Å²) in [6.45, 7) is 3.82. The molecule has 1 fully saturated rings. The van der Waals surface area contributed by atoms with Gasteiger partial charge in [0.05, 0.1) is 12.2 Å². The van der Waals surface area contributed by atoms with Crippen LogP contribution in [0.1, 0.15) is 31.7 Å². The maximum Gasteiger partial charge on any atom is 0.227 e. The first kappa shape index (κ1) is 18.5. The largest absolute Gasteiger partial charge is 0.490 e. The average Bonchev–Trinajstić information content (AvgIpc) is 3.17. The fraction of sp³-hybridized carbons (Fsp3) is 0.391. The van der Waals surface area contributed by atoms with Crippen LogP contribution in [0, 0.1) is 0 Å². The number of rotatable bonds is 5. The number of amides is 1. The highest BCUT2D eigenvalue weighted by atomic mass is 16.5. The number of hydrogen-bond donors (Lipinski definition) is 0. The van der Waals surface area contributed by atoms with Gasteiger partial charge in [0.2, 0.25) is 5.91 Å². The van der Waals surface area contributed by atoms with Crippen molar-refractivity contribution in [2.24, 2.45) is 0 Å². The standard InChI is InChI=1S/C23H27N3O2/c1-3-10-26-11-4-5-20(26)16-28-21-13-19(14-24-15-21)17-6-8-22-18(12-17)7-9-23(27)25(22)2/h3,6,8,10,12-15,20H,4-5,7,9,11,16H2,1-2H3/t20-/m0/s1. The monoisotopic (exact) mass is 377 g/mol. The van der Waals surface area contributed by atoms with Crippen LogP contribution in [0.15, 0.2) is 48.9 Å². The minimum atomic E-state index is 0.177. The summed E-state index contributed by atoms with van der Waals surface area (Å²) in [4.78, 5) is 20.4. The van der Waals surface area contributed by atoms with Crippen molar-refractivity contribution in [2.75, 3.05) is 25.1 Å². The number of anilines is 1. The van der Waals surface area contributed by atoms with E-state index in [1.165, 1.54) is 12.0 Å². The highest BCUT2D eigenvalue weighted by Crippen LogP contribution is 2.32. The van der Waals surface area contributed by atoms with E-state index in [1.54, 1.807) is 11.1 Å². The second-order valence-electron chi connectivity index (χ2n) is 7.53. The predicted molar refractivity (Wildman–Crippen MR) is 111 cm³/mol. The lowest BCUT2D eigenvalue weighted by atomic mass is 9.97. The molecule has 28 heavy (non-hydrogen) atoms. The van der Waals surface area contributed by atoms with Crippen molar-refractivity contribution < 1.29 is 9.53 Å². The molecule has 2 aliphatic heterocycles. The van der Waals surface area contributed by atoms with Gasteiger partial charge in [-0.3, -0.25) is 9.78 Å². The van der Waals surface area contributed by atoms with E-state index in [1.807, 2.05) is 19.3 Å². The number of fused-ring (bicyclic) bond motifs is 1. The number of pyridine rings is 1. The molecule has 0 unspecified atom stereocenters. The van der Waals surface area contributed by atoms with Gasteiger partial charge in [-0.2, -0.15) is 0 Å². The van der Waals surface area contributed by atoms with Gasteiger partial charge < -0.3 is 14.5 Å². The number of likely N-dealkylation sites (tertiary alicyclic amines) is 1. The maximum absolute atomic E-state index is 11.9. The molecule has 4 rings (SSSR count). The van der Waals surface area contributed by atoms with E-state index >= 15 is 0 Å². The van der Waals surface area contributed by atoms with Gasteiger partial charge in [0, 0.05) is 37.5 Å². The lowest BCUT2D eigenvalue weighted by molar-refractivity contribution is -0.118. The lowest BCUT2D eigenvalue weighted by Gasteiger charge is -2.26. The van der Waals surface area contributed by atoms with Gasteiger partial charge in [-0.05, 0) is 61.7 Å². The summed E-state index contributed by atoms with van der Waals surface area (Å²) < 4.78 is 6.08. The van der Waals surface area contributed by atoms with E-state index in [0.29, 0.717) is 19.1 Å². The lowest BCUT2D eigenvalue weighted by Crippen LogP contribution is -2.30. The molecule has 1 aromatic heterocycles. The highest BCUT2D eigenvalue weighted by molar-refractivity contribution is 5.96. The maximum atomic E-state index is 11.9. The van der Waals surface area contributed by atoms with Gasteiger partial charge >= 0.3 is 0 Å². The summed E-state index contributed by atoms with van der Waals surface area (Å²) in [5, 5.41) is 0. The molecule has 1 amide bonds. The quantitative estimate of drug-likeness (QED) is 0.789. The van der Waals surface area contributed by atoms with E-state index in [0.717, 1.165) is 42.0 Å². The number of carbonyl (C=O) groups excluding carboxylic acids is 1. The van der Waals surface area contributed by atoms with Crippen LogP contribution in [-0.2, 0) is 11.2 Å². The number of hydrogen-bond acceptors (Lipinski definition) is 4. The van der Waals surface area contributed by atoms with Gasteiger partial charge in [-0.1, -0.05) is 12.1 Å². The van der Waals surface area contributed by atoms with Gasteiger partial charge in [0.1, 0.15) is 12.4 Å². The second-order valence-corrected chi connectivity index (χ2v) is 7.53. The van der Waals surface area contributed by atoms with Crippen molar-refractivity contribution in [3.05, 3.63) is 54.5 Å². The summed E-state index contributed by atoms with van der Waals surface area (Å²) >= 11 is 0. The van der Waals surface area contributed by atoms with Crippen LogP contribution in [-0.4, -0.2) is 42.0 Å². The predicted octanol–water partition coefficient (Wildman–Crippen LogP) is 4.03. The summed E-state index contributed by atoms with van der Waals surface area (Å²) in [5.41, 5.74) is 4.36. The first-order chi connectivity index (χ1) is 13.7. The molecule has 0 bridgehead atoms. The van der Waals surface area contributed by atoms with Crippen molar-refractivity contribution in [3.63, 3.8) is 0 Å². The molecular weight excluding hydrogens is 350 g/mol. The number of aryl methyl sites for hydroxylation is 1. The SMILES string of the molecule is CC=CN1CCC[C@H]1COc1cncc(-c2ccc3c(c2)CCC(=O)N3C)c1. The Hall–Kier alpha value is -2.82. The first-order valence-electron chi connectivity index (χ1n) is 10.0. The van der Waals surface area contributed by atoms with Crippen LogP contribution in [0.5, 0.6) is 5.75 Å². The minimum Gasteiger partial charge on any atom is -0.490 e. The van der Waals surface area contributed by atoms with Gasteiger partial charge in [0.15, 0.2) is 0 Å². The third-order valence-corrected chi connectivity index (χ3v) is 5.68. The third kappa shape index (κ3) is 3.75. The Bertz CT molecular complexity index is 893. The molecule has 5 heteroatoms. The number of benzene rings is 1. The van der Waals surface area contributed by atoms with Crippen LogP contribution in [0.25, 0.3) is 11.1 Å². The summed E-state index contributed by atoms with van der Waals surface area (Å²) in [6, 6.07) is 8.74. The molecule has 0 saturated carbocycles. The normalized spacial score (nSPS) is 19.4. The molecule has 0 radical (unpaired) electrons. The zero-order valence-corrected chi connectivity index (χ0v) is 16.6. The number of carbonyl (C=O) groups is 1. The molecule has 2 aromatic rings. The first-order valence-corrected chi connectivity index (χ1v) is 10.0. The van der Waals surface area contributed by atoms with Crippen molar-refractivity contribution >= 4 is 11.6 Å². The van der Waals surface area contributed by atoms with Crippen molar-refractivity contribution in [2.45, 2.75) is 38.6 Å². The molecule has 0 N–H and O–H groups in total. The molecular formula is C23H27N3O2. The molecule has 2 aliphatic rings. The van der Waals surface area contributed by atoms with Gasteiger partial charge in [0.25, 0.3) is 0 Å². The van der Waals surface area contributed by atoms with Crippen LogP contribution in [0.2, 0.25) is 0 Å². The topological polar surface area (TPSA) is 45.7 Å². The third-order valence-electron chi connectivity index (χ3n) is 5.68. The van der Waals surface area contributed by atoms with Crippen LogP contribution >= 0.6 is 0 Å². The van der Waals surface area contributed by atoms with Gasteiger partial charge in [-0.15, -0.1) is 0 Å². The smallest absolute Gasteiger partial charge is 0.227 e. The van der Waals surface area contributed by atoms with Gasteiger partial charge in [-0.25, -0.2) is 0 Å². The van der Waals surface area contributed by atoms with Crippen molar-refractivity contribution in [1.82, 2.24) is 9.88 Å². The number of nitrogens with zero attached hydrogens (tertiary/aromatic N) is 3. The average molecular weight is 377 g/mol. The molecule has 1 aromatic carbocycles. The Morgan fingerprint density at radius 3 is 2.96 bits per heavy atom. The Balaban J connectivity index is 1.49. The summed E-state index contributed by atoms with van der Waals surface area (Å²) in [5.74, 6) is 0.978. The van der Waals surface area contributed by atoms with Crippen LogP contribution in [0.3, 0.4) is 0 Å². The van der Waals surface area contributed by atoms with E-state index in [-0.39, 0.29) is 5.91 Å². The van der Waals surface area contributed by atoms with Crippen LogP contribution < -0.4 is 9.64 Å². The fourth-order valence-corrected chi connectivity index (χ4v) is 4.11. The highest BCUT2D eigenvalue weighted by Gasteiger charge is 2.23. The Morgan fingerprint density at radius 1 is 1.21 bits per heavy atom. The Morgan fingerprint density at radius 2 is 2.11 bits per heavy atom. The van der Waals surface area contributed by atoms with Crippen molar-refractivity contribution in [1.29, 1.82) is 0 Å². The molecule has 146 valence electrons. The fourth-order valence-electron chi connectivity index (χ4n) is 4.11. The zero-order chi connectivity index (χ0) is 19.5. The minimum absolute atomic E-state index is 0.177. The van der Waals surface area contributed by atoms with E-state index in [9.17, 15) is 4.79 Å². The molecule has 3 heterocycles.